The van der Waals surface area contributed by atoms with Crippen LogP contribution in [0.5, 0.6) is 46.0 Å². The molecule has 0 fully saturated rings. The van der Waals surface area contributed by atoms with Gasteiger partial charge in [0, 0.05) is 77.0 Å². The number of benzene rings is 8. The van der Waals surface area contributed by atoms with E-state index < -0.39 is 24.3 Å². The number of rotatable bonds is 54. The second-order valence-corrected chi connectivity index (χ2v) is 47.3. The second kappa shape index (κ2) is 52.4. The van der Waals surface area contributed by atoms with Crippen LogP contribution in [0.3, 0.4) is 0 Å². The fraction of sp³-hybridized carbons (Fsp3) is 0.430. The SMILES string of the molecule is COC(=O)CCCOc1cc(Cc2ccc(Cc3ccc(Cc4ccccc4OCCC(Cc4ccc(OC(=O)[CH](CCC(=O)OC)[Sn]([CH3])([CH3])[CH3])cc4)C(=O)OC)cc3OCCCC(=O)OC)cc2OCCCC(=O)OC)ccc1Cc1ccc(Cc2ccc(Cc3cc(CCC(=O)OC)c(C)cc3OC)c(OCCCC(=O)OC)c2)c(OCCCC(=O)OC)c1. The number of carbonyl (C=O) groups is 9. The van der Waals surface area contributed by atoms with E-state index in [-0.39, 0.29) is 142 Å². The van der Waals surface area contributed by atoms with Gasteiger partial charge in [-0.25, -0.2) is 0 Å². The summed E-state index contributed by atoms with van der Waals surface area (Å²) >= 11 is -2.89. The van der Waals surface area contributed by atoms with Gasteiger partial charge < -0.3 is 56.8 Å². The van der Waals surface area contributed by atoms with Gasteiger partial charge in [-0.2, -0.15) is 0 Å². The Bertz CT molecular complexity index is 4930. The Morgan fingerprint density at radius 3 is 0.984 bits per heavy atom. The Balaban J connectivity index is 1.04. The smallest absolute Gasteiger partial charge is 0.496 e. The maximum absolute atomic E-state index is 13.4. The van der Waals surface area contributed by atoms with Crippen LogP contribution in [0.2, 0.25) is 18.8 Å². The van der Waals surface area contributed by atoms with Crippen molar-refractivity contribution in [2.24, 2.45) is 5.92 Å². The van der Waals surface area contributed by atoms with Gasteiger partial charge >= 0.3 is 212 Å². The molecule has 0 N–H and O–H groups in total. The minimum Gasteiger partial charge on any atom is -0.496 e. The zero-order valence-corrected chi connectivity index (χ0v) is 77.9. The molecule has 0 amide bonds. The maximum atomic E-state index is 13.4. The summed E-state index contributed by atoms with van der Waals surface area (Å²) in [6, 6.07) is 49.3. The van der Waals surface area contributed by atoms with E-state index in [0.717, 1.165) is 83.5 Å². The molecule has 0 aromatic heterocycles. The van der Waals surface area contributed by atoms with Crippen molar-refractivity contribution in [3.8, 4) is 46.0 Å². The third-order valence-electron chi connectivity index (χ3n) is 21.7. The molecular weight excluding hydrogens is 1720 g/mol. The molecule has 0 heterocycles. The van der Waals surface area contributed by atoms with Gasteiger partial charge in [0.25, 0.3) is 0 Å². The van der Waals surface area contributed by atoms with Crippen LogP contribution in [0.1, 0.15) is 173 Å². The summed E-state index contributed by atoms with van der Waals surface area (Å²) < 4.78 is 90.6. The molecule has 2 unspecified atom stereocenters. The van der Waals surface area contributed by atoms with Gasteiger partial charge in [-0.1, -0.05) is 84.9 Å². The van der Waals surface area contributed by atoms with Crippen molar-refractivity contribution >= 4 is 72.1 Å². The third-order valence-corrected chi connectivity index (χ3v) is 29.1. The van der Waals surface area contributed by atoms with E-state index in [0.29, 0.717) is 142 Å². The Kier molecular flexibility index (Phi) is 41.5. The monoisotopic (exact) mass is 1840 g/mol. The number of hydrogen-bond donors (Lipinski definition) is 0. The van der Waals surface area contributed by atoms with Crippen LogP contribution >= 0.6 is 0 Å². The molecule has 26 heteroatoms. The van der Waals surface area contributed by atoms with Gasteiger partial charge in [0.2, 0.25) is 0 Å². The summed E-state index contributed by atoms with van der Waals surface area (Å²) in [6.45, 7) is 3.30. The minimum absolute atomic E-state index is 0.134. The van der Waals surface area contributed by atoms with Gasteiger partial charge in [0.05, 0.1) is 82.8 Å². The molecule has 0 spiro atoms. The number of carbonyl (C=O) groups excluding carboxylic acids is 9. The quantitative estimate of drug-likeness (QED) is 0.0112. The molecule has 8 rings (SSSR count). The molecule has 25 nitrogen and oxygen atoms in total. The predicted octanol–water partition coefficient (Wildman–Crippen LogP) is 16.7. The van der Waals surface area contributed by atoms with Gasteiger partial charge in [-0.15, -0.1) is 0 Å². The Morgan fingerprint density at radius 2 is 0.627 bits per heavy atom. The average molecular weight is 1840 g/mol. The number of ether oxygens (including phenoxy) is 16. The number of methoxy groups -OCH3 is 9. The van der Waals surface area contributed by atoms with Crippen molar-refractivity contribution in [2.45, 2.75) is 167 Å². The Morgan fingerprint density at radius 1 is 0.294 bits per heavy atom. The standard InChI is InChI=1S/C97H113O25.3CH3.Sn/c1-65-51-83(107-2)80(63-72(65)40-43-95(104)114-9)64-78-39-32-71(62-88(78)120-49-18-27-94(103)113-8)57-77-38-31-70(61-87(77)119-48-17-26-93(102)112-7)56-76-37-30-69(60-86(76)118-47-16-25-92(101)111-6)55-75-36-29-68(59-85(75)117-46-15-24-91(100)110-5)54-74-35-28-67(58-84(74)116-45-14-23-90(99)109-4)53-73-19-11-12-20-82(73)121-50-44-79(97(106)115-10)52-66-33-41-81(42-34-66)122-96(105)22-13-21-89(98)108-3;;;;/h11-12,19-20,22,28-39,41-42,51,58-63,79H,13-18,21,23-27,40,43-50,52-57,64H2,1-10H3;3*1H3;. The van der Waals surface area contributed by atoms with Gasteiger partial charge in [0.15, 0.2) is 0 Å². The Hall–Kier alpha value is -11.6. The first-order chi connectivity index (χ1) is 60.7. The van der Waals surface area contributed by atoms with E-state index in [2.05, 4.69) is 39.1 Å². The van der Waals surface area contributed by atoms with Crippen molar-refractivity contribution in [3.63, 3.8) is 0 Å². The van der Waals surface area contributed by atoms with Crippen LogP contribution in [0.15, 0.2) is 152 Å². The molecule has 0 radical (unpaired) electrons. The molecule has 8 aromatic rings. The summed E-state index contributed by atoms with van der Waals surface area (Å²) in [5, 5.41) is 0. The molecule has 0 saturated carbocycles. The predicted molar refractivity (Wildman–Crippen MR) is 477 cm³/mol. The van der Waals surface area contributed by atoms with Crippen LogP contribution in [0, 0.1) is 12.8 Å². The molecule has 0 aliphatic carbocycles. The zero-order valence-electron chi connectivity index (χ0n) is 75.1. The van der Waals surface area contributed by atoms with Gasteiger partial charge in [0.1, 0.15) is 40.2 Å². The fourth-order valence-corrected chi connectivity index (χ4v) is 19.5. The van der Waals surface area contributed by atoms with Crippen LogP contribution in [0.4, 0.5) is 0 Å². The van der Waals surface area contributed by atoms with Crippen molar-refractivity contribution in [1.29, 1.82) is 0 Å². The summed E-state index contributed by atoms with van der Waals surface area (Å²) in [5.74, 6) is 1.03. The van der Waals surface area contributed by atoms with Crippen LogP contribution in [-0.2, 0) is 132 Å². The van der Waals surface area contributed by atoms with E-state index in [1.807, 2.05) is 122 Å². The van der Waals surface area contributed by atoms with Crippen LogP contribution in [-0.4, -0.2) is 176 Å². The van der Waals surface area contributed by atoms with Crippen LogP contribution in [0.25, 0.3) is 0 Å². The number of hydrogen-bond acceptors (Lipinski definition) is 25. The molecule has 0 saturated heterocycles. The first-order valence-electron chi connectivity index (χ1n) is 42.7. The summed E-state index contributed by atoms with van der Waals surface area (Å²) in [5.41, 5.74) is 13.5. The van der Waals surface area contributed by atoms with Gasteiger partial charge in [-0.3, -0.25) is 28.8 Å². The zero-order chi connectivity index (χ0) is 90.9. The molecule has 8 aromatic carbocycles. The number of esters is 9. The summed E-state index contributed by atoms with van der Waals surface area (Å²) in [6.07, 6.45) is 7.27. The summed E-state index contributed by atoms with van der Waals surface area (Å²) in [4.78, 5) is 119. The van der Waals surface area contributed by atoms with Crippen LogP contribution < -0.4 is 37.9 Å². The molecular formula is C100H122O25Sn. The molecule has 0 aliphatic heterocycles. The van der Waals surface area contributed by atoms with E-state index in [1.54, 1.807) is 19.2 Å². The van der Waals surface area contributed by atoms with Crippen molar-refractivity contribution in [2.75, 3.05) is 104 Å². The fourth-order valence-electron chi connectivity index (χ4n) is 14.5. The summed E-state index contributed by atoms with van der Waals surface area (Å²) in [7, 11) is 12.5. The normalized spacial score (nSPS) is 11.5. The van der Waals surface area contributed by atoms with E-state index in [9.17, 15) is 43.2 Å². The topological polar surface area (TPSA) is 301 Å². The minimum atomic E-state index is -2.89. The average Bonchev–Trinajstić information content (AvgIpc) is 0.817. The second-order valence-electron chi connectivity index (χ2n) is 31.8. The molecule has 2 atom stereocenters. The molecule has 0 aliphatic rings. The van der Waals surface area contributed by atoms with E-state index >= 15 is 0 Å². The number of para-hydroxylation sites is 1. The third kappa shape index (κ3) is 33.1. The van der Waals surface area contributed by atoms with Crippen molar-refractivity contribution < 1.29 is 119 Å². The van der Waals surface area contributed by atoms with Crippen molar-refractivity contribution in [3.05, 3.63) is 235 Å². The molecule has 676 valence electrons. The van der Waals surface area contributed by atoms with E-state index in [1.165, 1.54) is 56.9 Å². The first-order valence-corrected chi connectivity index (χ1v) is 52.9. The first kappa shape index (κ1) is 99.8. The van der Waals surface area contributed by atoms with E-state index in [4.69, 9.17) is 75.8 Å². The molecule has 126 heavy (non-hydrogen) atoms. The van der Waals surface area contributed by atoms with Gasteiger partial charge in [-0.05, 0) is 166 Å². The molecule has 0 bridgehead atoms. The van der Waals surface area contributed by atoms with Crippen molar-refractivity contribution in [1.82, 2.24) is 0 Å². The number of aryl methyl sites for hydroxylation is 2. The Labute approximate surface area is 744 Å².